The van der Waals surface area contributed by atoms with Gasteiger partial charge in [0.25, 0.3) is 5.91 Å². The summed E-state index contributed by atoms with van der Waals surface area (Å²) in [6.07, 6.45) is 1.38. The van der Waals surface area contributed by atoms with Crippen molar-refractivity contribution in [2.75, 3.05) is 37.6 Å². The molecule has 6 heteroatoms. The number of quaternary nitrogens is 1. The van der Waals surface area contributed by atoms with Crippen LogP contribution in [-0.2, 0) is 11.3 Å². The lowest BCUT2D eigenvalue weighted by atomic mass is 10.1. The minimum absolute atomic E-state index is 0.0170. The van der Waals surface area contributed by atoms with Crippen molar-refractivity contribution in [3.63, 3.8) is 0 Å². The van der Waals surface area contributed by atoms with Gasteiger partial charge in [-0.1, -0.05) is 41.9 Å². The van der Waals surface area contributed by atoms with Crippen molar-refractivity contribution in [3.8, 4) is 0 Å². The van der Waals surface area contributed by atoms with Gasteiger partial charge < -0.3 is 14.7 Å². The van der Waals surface area contributed by atoms with E-state index < -0.39 is 0 Å². The largest absolute Gasteiger partial charge is 0.328 e. The van der Waals surface area contributed by atoms with Crippen molar-refractivity contribution < 1.29 is 14.5 Å². The summed E-state index contributed by atoms with van der Waals surface area (Å²) >= 11 is 6.31. The van der Waals surface area contributed by atoms with Crippen LogP contribution in [0.3, 0.4) is 0 Å². The van der Waals surface area contributed by atoms with Crippen LogP contribution in [0.25, 0.3) is 0 Å². The summed E-state index contributed by atoms with van der Waals surface area (Å²) in [6, 6.07) is 15.7. The Bertz CT molecular complexity index is 863. The first-order valence-corrected chi connectivity index (χ1v) is 10.3. The molecule has 0 unspecified atom stereocenters. The van der Waals surface area contributed by atoms with Gasteiger partial charge in [0.05, 0.1) is 36.9 Å². The number of amides is 2. The first kappa shape index (κ1) is 19.0. The van der Waals surface area contributed by atoms with Crippen LogP contribution >= 0.6 is 11.6 Å². The highest BCUT2D eigenvalue weighted by molar-refractivity contribution is 6.34. The molecule has 28 heavy (non-hydrogen) atoms. The monoisotopic (exact) mass is 398 g/mol. The molecule has 2 aliphatic heterocycles. The summed E-state index contributed by atoms with van der Waals surface area (Å²) in [5.41, 5.74) is 2.59. The Balaban J connectivity index is 1.41. The van der Waals surface area contributed by atoms with Crippen molar-refractivity contribution in [1.82, 2.24) is 4.90 Å². The van der Waals surface area contributed by atoms with Gasteiger partial charge >= 0.3 is 0 Å². The molecular weight excluding hydrogens is 374 g/mol. The first-order valence-electron chi connectivity index (χ1n) is 9.88. The van der Waals surface area contributed by atoms with E-state index in [2.05, 4.69) is 24.3 Å². The zero-order valence-corrected chi connectivity index (χ0v) is 16.6. The summed E-state index contributed by atoms with van der Waals surface area (Å²) in [5.74, 6) is 0.0907. The lowest BCUT2D eigenvalue weighted by Crippen LogP contribution is -3.13. The second-order valence-electron chi connectivity index (χ2n) is 7.52. The van der Waals surface area contributed by atoms with E-state index in [-0.39, 0.29) is 11.8 Å². The van der Waals surface area contributed by atoms with Crippen LogP contribution in [0.4, 0.5) is 5.69 Å². The maximum atomic E-state index is 13.0. The number of benzene rings is 2. The number of hydrogen-bond acceptors (Lipinski definition) is 2. The molecule has 2 amide bonds. The highest BCUT2D eigenvalue weighted by Crippen LogP contribution is 2.30. The summed E-state index contributed by atoms with van der Waals surface area (Å²) in [6.45, 7) is 5.00. The van der Waals surface area contributed by atoms with Gasteiger partial charge in [-0.3, -0.25) is 9.59 Å². The number of nitrogens with zero attached hydrogens (tertiary/aromatic N) is 2. The number of anilines is 1. The SMILES string of the molecule is O=C(c1ccc(Cl)c(N2CCCC2=O)c1)N1CC[NH+](Cc2ccccc2)CC1. The zero-order chi connectivity index (χ0) is 19.5. The summed E-state index contributed by atoms with van der Waals surface area (Å²) in [4.78, 5) is 30.2. The molecule has 0 aromatic heterocycles. The molecule has 2 aliphatic rings. The number of halogens is 1. The third-order valence-corrected chi connectivity index (χ3v) is 5.93. The van der Waals surface area contributed by atoms with Gasteiger partial charge in [0, 0.05) is 24.1 Å². The van der Waals surface area contributed by atoms with Crippen LogP contribution in [0.2, 0.25) is 5.02 Å². The molecule has 0 radical (unpaired) electrons. The quantitative estimate of drug-likeness (QED) is 0.856. The van der Waals surface area contributed by atoms with Gasteiger partial charge in [-0.2, -0.15) is 0 Å². The van der Waals surface area contributed by atoms with E-state index >= 15 is 0 Å². The van der Waals surface area contributed by atoms with E-state index in [9.17, 15) is 9.59 Å². The highest BCUT2D eigenvalue weighted by Gasteiger charge is 2.27. The van der Waals surface area contributed by atoms with E-state index in [1.165, 1.54) is 10.5 Å². The van der Waals surface area contributed by atoms with Crippen molar-refractivity contribution >= 4 is 29.1 Å². The molecule has 0 spiro atoms. The summed E-state index contributed by atoms with van der Waals surface area (Å²) < 4.78 is 0. The van der Waals surface area contributed by atoms with Crippen LogP contribution in [0.15, 0.2) is 48.5 Å². The van der Waals surface area contributed by atoms with Gasteiger partial charge in [-0.15, -0.1) is 0 Å². The van der Waals surface area contributed by atoms with Gasteiger partial charge in [0.1, 0.15) is 6.54 Å². The fraction of sp³-hybridized carbons (Fsp3) is 0.364. The van der Waals surface area contributed by atoms with Crippen LogP contribution in [0.5, 0.6) is 0 Å². The predicted molar refractivity (Wildman–Crippen MR) is 110 cm³/mol. The van der Waals surface area contributed by atoms with Gasteiger partial charge in [0.15, 0.2) is 0 Å². The normalized spacial score (nSPS) is 18.0. The second-order valence-corrected chi connectivity index (χ2v) is 7.93. The molecule has 2 heterocycles. The lowest BCUT2D eigenvalue weighted by molar-refractivity contribution is -0.917. The molecule has 2 aromatic carbocycles. The number of piperazine rings is 1. The molecule has 5 nitrogen and oxygen atoms in total. The van der Waals surface area contributed by atoms with E-state index in [1.807, 2.05) is 11.0 Å². The molecule has 0 atom stereocenters. The maximum Gasteiger partial charge on any atom is 0.254 e. The molecule has 2 aromatic rings. The molecular formula is C22H25ClN3O2+. The van der Waals surface area contributed by atoms with Crippen molar-refractivity contribution in [3.05, 3.63) is 64.7 Å². The fourth-order valence-electron chi connectivity index (χ4n) is 4.03. The van der Waals surface area contributed by atoms with Crippen LogP contribution in [0.1, 0.15) is 28.8 Å². The maximum absolute atomic E-state index is 13.0. The molecule has 2 saturated heterocycles. The average molecular weight is 399 g/mol. The number of hydrogen-bond donors (Lipinski definition) is 1. The molecule has 0 aliphatic carbocycles. The van der Waals surface area contributed by atoms with E-state index in [0.29, 0.717) is 29.2 Å². The first-order chi connectivity index (χ1) is 13.6. The Hall–Kier alpha value is -2.37. The van der Waals surface area contributed by atoms with Crippen molar-refractivity contribution in [2.24, 2.45) is 0 Å². The Morgan fingerprint density at radius 2 is 1.79 bits per heavy atom. The van der Waals surface area contributed by atoms with Crippen molar-refractivity contribution in [2.45, 2.75) is 19.4 Å². The number of nitrogens with one attached hydrogen (secondary N) is 1. The Morgan fingerprint density at radius 1 is 1.04 bits per heavy atom. The zero-order valence-electron chi connectivity index (χ0n) is 15.9. The van der Waals surface area contributed by atoms with Crippen LogP contribution < -0.4 is 9.80 Å². The third-order valence-electron chi connectivity index (χ3n) is 5.61. The van der Waals surface area contributed by atoms with Crippen LogP contribution in [0, 0.1) is 0 Å². The molecule has 146 valence electrons. The predicted octanol–water partition coefficient (Wildman–Crippen LogP) is 2.01. The molecule has 4 rings (SSSR count). The van der Waals surface area contributed by atoms with Gasteiger partial charge in [-0.05, 0) is 24.6 Å². The Morgan fingerprint density at radius 3 is 2.46 bits per heavy atom. The van der Waals surface area contributed by atoms with E-state index in [4.69, 9.17) is 11.6 Å². The standard InChI is InChI=1S/C22H24ClN3O2/c23-19-9-8-18(15-20(19)26-10-4-7-21(26)27)22(28)25-13-11-24(12-14-25)16-17-5-2-1-3-6-17/h1-3,5-6,8-9,15H,4,7,10-14,16H2/p+1. The Kier molecular flexibility index (Phi) is 5.64. The van der Waals surface area contributed by atoms with Crippen molar-refractivity contribution in [1.29, 1.82) is 0 Å². The van der Waals surface area contributed by atoms with Gasteiger partial charge in [0.2, 0.25) is 5.91 Å². The third kappa shape index (κ3) is 4.05. The smallest absolute Gasteiger partial charge is 0.254 e. The second kappa shape index (κ2) is 8.33. The topological polar surface area (TPSA) is 45.1 Å². The van der Waals surface area contributed by atoms with E-state index in [1.54, 1.807) is 23.1 Å². The molecule has 1 N–H and O–H groups in total. The van der Waals surface area contributed by atoms with E-state index in [0.717, 1.165) is 39.1 Å². The average Bonchev–Trinajstić information content (AvgIpc) is 3.15. The highest BCUT2D eigenvalue weighted by atomic mass is 35.5. The van der Waals surface area contributed by atoms with Gasteiger partial charge in [-0.25, -0.2) is 0 Å². The molecule has 0 saturated carbocycles. The summed E-state index contributed by atoms with van der Waals surface area (Å²) in [5, 5.41) is 0.518. The minimum atomic E-state index is 0.0170. The summed E-state index contributed by atoms with van der Waals surface area (Å²) in [7, 11) is 0. The minimum Gasteiger partial charge on any atom is -0.328 e. The molecule has 0 bridgehead atoms. The molecule has 2 fully saturated rings. The number of carbonyl (C=O) groups is 2. The lowest BCUT2D eigenvalue weighted by Gasteiger charge is -2.32. The Labute approximate surface area is 170 Å². The number of rotatable bonds is 4. The van der Waals surface area contributed by atoms with Crippen LogP contribution in [-0.4, -0.2) is 49.4 Å². The number of carbonyl (C=O) groups excluding carboxylic acids is 2. The fourth-order valence-corrected chi connectivity index (χ4v) is 4.24.